The molecule has 0 aliphatic carbocycles. The molecule has 0 amide bonds. The summed E-state index contributed by atoms with van der Waals surface area (Å²) in [6.07, 6.45) is 1.91. The van der Waals surface area contributed by atoms with Gasteiger partial charge in [-0.3, -0.25) is 0 Å². The van der Waals surface area contributed by atoms with Crippen LogP contribution in [0.15, 0.2) is 16.8 Å². The molecular weight excluding hydrogens is 234 g/mol. The molecule has 17 heavy (non-hydrogen) atoms. The van der Waals surface area contributed by atoms with Crippen molar-refractivity contribution in [2.45, 2.75) is 31.4 Å². The van der Waals surface area contributed by atoms with E-state index in [4.69, 9.17) is 9.47 Å². The van der Waals surface area contributed by atoms with Crippen molar-refractivity contribution < 1.29 is 9.47 Å². The van der Waals surface area contributed by atoms with Gasteiger partial charge in [-0.15, -0.1) is 0 Å². The Morgan fingerprint density at radius 3 is 2.82 bits per heavy atom. The van der Waals surface area contributed by atoms with Crippen LogP contribution in [-0.2, 0) is 9.47 Å². The molecule has 1 atom stereocenters. The first-order valence-electron chi connectivity index (χ1n) is 6.21. The first-order valence-corrected chi connectivity index (χ1v) is 7.15. The monoisotopic (exact) mass is 255 g/mol. The Balaban J connectivity index is 2.23. The van der Waals surface area contributed by atoms with Gasteiger partial charge in [0.15, 0.2) is 0 Å². The van der Waals surface area contributed by atoms with Gasteiger partial charge in [0.1, 0.15) is 0 Å². The number of ether oxygens (including phenoxy) is 2. The van der Waals surface area contributed by atoms with Crippen LogP contribution in [0.5, 0.6) is 0 Å². The zero-order chi connectivity index (χ0) is 12.1. The Hall–Kier alpha value is -0.420. The van der Waals surface area contributed by atoms with Crippen molar-refractivity contribution in [3.05, 3.63) is 22.4 Å². The maximum Gasteiger partial charge on any atom is 0.0916 e. The SMILES string of the molecule is CCNC(c1ccsc1)C1(OC)CCOCC1. The van der Waals surface area contributed by atoms with Crippen molar-refractivity contribution in [2.24, 2.45) is 0 Å². The molecule has 1 unspecified atom stereocenters. The third-order valence-electron chi connectivity index (χ3n) is 3.56. The summed E-state index contributed by atoms with van der Waals surface area (Å²) in [5.74, 6) is 0. The topological polar surface area (TPSA) is 30.5 Å². The fraction of sp³-hybridized carbons (Fsp3) is 0.692. The lowest BCUT2D eigenvalue weighted by Crippen LogP contribution is -2.49. The fourth-order valence-corrected chi connectivity index (χ4v) is 3.26. The second-order valence-corrected chi connectivity index (χ2v) is 5.21. The van der Waals surface area contributed by atoms with Crippen LogP contribution in [-0.4, -0.2) is 32.5 Å². The minimum atomic E-state index is -0.116. The predicted octanol–water partition coefficient (Wildman–Crippen LogP) is 2.59. The van der Waals surface area contributed by atoms with E-state index >= 15 is 0 Å². The predicted molar refractivity (Wildman–Crippen MR) is 70.5 cm³/mol. The van der Waals surface area contributed by atoms with Crippen molar-refractivity contribution in [1.29, 1.82) is 0 Å². The average Bonchev–Trinajstić information content (AvgIpc) is 2.90. The maximum atomic E-state index is 5.88. The highest BCUT2D eigenvalue weighted by Gasteiger charge is 2.41. The van der Waals surface area contributed by atoms with Gasteiger partial charge in [0, 0.05) is 33.2 Å². The van der Waals surface area contributed by atoms with Crippen LogP contribution in [0.25, 0.3) is 0 Å². The molecule has 2 heterocycles. The number of thiophene rings is 1. The molecule has 0 aromatic carbocycles. The molecule has 0 bridgehead atoms. The van der Waals surface area contributed by atoms with Crippen molar-refractivity contribution in [3.8, 4) is 0 Å². The van der Waals surface area contributed by atoms with Crippen molar-refractivity contribution in [2.75, 3.05) is 26.9 Å². The summed E-state index contributed by atoms with van der Waals surface area (Å²) in [4.78, 5) is 0. The van der Waals surface area contributed by atoms with Crippen molar-refractivity contribution >= 4 is 11.3 Å². The first-order chi connectivity index (χ1) is 8.32. The van der Waals surface area contributed by atoms with Crippen LogP contribution in [0.4, 0.5) is 0 Å². The van der Waals surface area contributed by atoms with E-state index in [-0.39, 0.29) is 11.6 Å². The lowest BCUT2D eigenvalue weighted by Gasteiger charge is -2.42. The Bertz CT molecular complexity index is 320. The summed E-state index contributed by atoms with van der Waals surface area (Å²) in [6, 6.07) is 2.46. The van der Waals surface area contributed by atoms with Gasteiger partial charge in [0.05, 0.1) is 11.6 Å². The molecule has 1 saturated heterocycles. The Kier molecular flexibility index (Phi) is 4.56. The summed E-state index contributed by atoms with van der Waals surface area (Å²) < 4.78 is 11.3. The molecule has 1 aliphatic rings. The molecule has 1 aromatic heterocycles. The van der Waals surface area contributed by atoms with Crippen LogP contribution < -0.4 is 5.32 Å². The highest BCUT2D eigenvalue weighted by Crippen LogP contribution is 2.37. The largest absolute Gasteiger partial charge is 0.381 e. The summed E-state index contributed by atoms with van der Waals surface area (Å²) >= 11 is 1.74. The van der Waals surface area contributed by atoms with Crippen LogP contribution in [0.2, 0.25) is 0 Å². The van der Waals surface area contributed by atoms with E-state index in [0.29, 0.717) is 0 Å². The third kappa shape index (κ3) is 2.71. The van der Waals surface area contributed by atoms with Gasteiger partial charge in [-0.25, -0.2) is 0 Å². The molecule has 2 rings (SSSR count). The molecule has 0 spiro atoms. The Morgan fingerprint density at radius 1 is 1.53 bits per heavy atom. The van der Waals surface area contributed by atoms with E-state index < -0.39 is 0 Å². The third-order valence-corrected chi connectivity index (χ3v) is 4.26. The molecule has 3 nitrogen and oxygen atoms in total. The van der Waals surface area contributed by atoms with Gasteiger partial charge >= 0.3 is 0 Å². The Morgan fingerprint density at radius 2 is 2.29 bits per heavy atom. The molecule has 0 radical (unpaired) electrons. The highest BCUT2D eigenvalue weighted by atomic mass is 32.1. The summed E-state index contributed by atoms with van der Waals surface area (Å²) in [6.45, 7) is 4.67. The van der Waals surface area contributed by atoms with Crippen LogP contribution in [0.3, 0.4) is 0 Å². The fourth-order valence-electron chi connectivity index (χ4n) is 2.58. The van der Waals surface area contributed by atoms with Gasteiger partial charge in [-0.2, -0.15) is 11.3 Å². The molecule has 1 aromatic rings. The molecule has 1 fully saturated rings. The lowest BCUT2D eigenvalue weighted by molar-refractivity contribution is -0.111. The van der Waals surface area contributed by atoms with E-state index in [1.165, 1.54) is 5.56 Å². The number of methoxy groups -OCH3 is 1. The van der Waals surface area contributed by atoms with Crippen LogP contribution in [0, 0.1) is 0 Å². The summed E-state index contributed by atoms with van der Waals surface area (Å²) in [7, 11) is 1.82. The van der Waals surface area contributed by atoms with Gasteiger partial charge in [-0.1, -0.05) is 6.92 Å². The smallest absolute Gasteiger partial charge is 0.0916 e. The number of nitrogens with one attached hydrogen (secondary N) is 1. The number of hydrogen-bond donors (Lipinski definition) is 1. The first kappa shape index (κ1) is 13.0. The Labute approximate surface area is 107 Å². The molecular formula is C13H21NO2S. The van der Waals surface area contributed by atoms with E-state index in [1.54, 1.807) is 11.3 Å². The molecule has 96 valence electrons. The normalized spacial score (nSPS) is 21.3. The van der Waals surface area contributed by atoms with Gasteiger partial charge < -0.3 is 14.8 Å². The minimum absolute atomic E-state index is 0.116. The van der Waals surface area contributed by atoms with E-state index in [9.17, 15) is 0 Å². The van der Waals surface area contributed by atoms with Crippen LogP contribution >= 0.6 is 11.3 Å². The zero-order valence-corrected chi connectivity index (χ0v) is 11.4. The van der Waals surface area contributed by atoms with Gasteiger partial charge in [0.25, 0.3) is 0 Å². The molecule has 1 N–H and O–H groups in total. The van der Waals surface area contributed by atoms with Gasteiger partial charge in [-0.05, 0) is 28.9 Å². The summed E-state index contributed by atoms with van der Waals surface area (Å²) in [5.41, 5.74) is 1.22. The summed E-state index contributed by atoms with van der Waals surface area (Å²) in [5, 5.41) is 7.91. The van der Waals surface area contributed by atoms with E-state index in [2.05, 4.69) is 29.1 Å². The zero-order valence-electron chi connectivity index (χ0n) is 10.6. The van der Waals surface area contributed by atoms with Crippen LogP contribution in [0.1, 0.15) is 31.4 Å². The quantitative estimate of drug-likeness (QED) is 0.877. The molecule has 0 saturated carbocycles. The maximum absolute atomic E-state index is 5.88. The van der Waals surface area contributed by atoms with Gasteiger partial charge in [0.2, 0.25) is 0 Å². The standard InChI is InChI=1S/C13H21NO2S/c1-3-14-12(11-4-9-17-10-11)13(15-2)5-7-16-8-6-13/h4,9-10,12,14H,3,5-8H2,1-2H3. The lowest BCUT2D eigenvalue weighted by atomic mass is 9.83. The second-order valence-electron chi connectivity index (χ2n) is 4.43. The number of hydrogen-bond acceptors (Lipinski definition) is 4. The number of rotatable bonds is 5. The number of likely N-dealkylation sites (N-methyl/N-ethyl adjacent to an activating group) is 1. The van der Waals surface area contributed by atoms with Crippen molar-refractivity contribution in [1.82, 2.24) is 5.32 Å². The minimum Gasteiger partial charge on any atom is -0.381 e. The van der Waals surface area contributed by atoms with E-state index in [0.717, 1.165) is 32.6 Å². The van der Waals surface area contributed by atoms with E-state index in [1.807, 2.05) is 7.11 Å². The second kappa shape index (κ2) is 5.96. The molecule has 4 heteroatoms. The van der Waals surface area contributed by atoms with Crippen molar-refractivity contribution in [3.63, 3.8) is 0 Å². The average molecular weight is 255 g/mol. The molecule has 1 aliphatic heterocycles. The highest BCUT2D eigenvalue weighted by molar-refractivity contribution is 7.07.